The minimum atomic E-state index is -2.87. The van der Waals surface area contributed by atoms with Crippen molar-refractivity contribution in [2.24, 2.45) is 0 Å². The molecule has 0 saturated heterocycles. The summed E-state index contributed by atoms with van der Waals surface area (Å²) >= 11 is 0. The first-order chi connectivity index (χ1) is 14.0. The Morgan fingerprint density at radius 2 is 2.03 bits per heavy atom. The molecule has 1 fully saturated rings. The summed E-state index contributed by atoms with van der Waals surface area (Å²) in [6.45, 7) is 0.228. The van der Waals surface area contributed by atoms with Crippen molar-refractivity contribution >= 4 is 12.0 Å². The van der Waals surface area contributed by atoms with Crippen LogP contribution >= 0.6 is 0 Å². The smallest absolute Gasteiger partial charge is 0.428 e. The molecule has 1 aliphatic carbocycles. The molecule has 0 atom stereocenters. The fourth-order valence-electron chi connectivity index (χ4n) is 3.90. The highest BCUT2D eigenvalue weighted by Crippen LogP contribution is 2.33. The Morgan fingerprint density at radius 1 is 1.28 bits per heavy atom. The largest absolute Gasteiger partial charge is 0.452 e. The van der Waals surface area contributed by atoms with Crippen molar-refractivity contribution in [3.05, 3.63) is 35.2 Å². The third kappa shape index (κ3) is 3.54. The number of methoxy groups -OCH3 is 1. The summed E-state index contributed by atoms with van der Waals surface area (Å²) in [5.41, 5.74) is 1.45. The van der Waals surface area contributed by atoms with Crippen molar-refractivity contribution in [1.29, 1.82) is 0 Å². The van der Waals surface area contributed by atoms with E-state index >= 15 is 0 Å². The fraction of sp³-hybridized carbons (Fsp3) is 0.474. The predicted molar refractivity (Wildman–Crippen MR) is 95.7 cm³/mol. The average molecular weight is 406 g/mol. The van der Waals surface area contributed by atoms with Gasteiger partial charge in [0.1, 0.15) is 0 Å². The van der Waals surface area contributed by atoms with Crippen LogP contribution in [0, 0.1) is 0 Å². The standard InChI is InChI=1S/C19H20F2N4O4/c1-28-19(27)25(13-5-3-2-4-6-13)24-10-12-8-7-11(9-14(12)18(24)26)16-22-23-17(29-16)15(20)21/h7-9,13,15H,2-6,10H2,1H3. The van der Waals surface area contributed by atoms with Gasteiger partial charge in [0, 0.05) is 11.1 Å². The van der Waals surface area contributed by atoms with Crippen molar-refractivity contribution in [3.63, 3.8) is 0 Å². The van der Waals surface area contributed by atoms with Crippen LogP contribution in [0.5, 0.6) is 0 Å². The molecule has 0 unspecified atom stereocenters. The molecule has 2 amide bonds. The maximum absolute atomic E-state index is 13.1. The summed E-state index contributed by atoms with van der Waals surface area (Å²) in [5, 5.41) is 9.75. The van der Waals surface area contributed by atoms with Gasteiger partial charge in [-0.15, -0.1) is 10.2 Å². The van der Waals surface area contributed by atoms with Crippen LogP contribution in [0.2, 0.25) is 0 Å². The van der Waals surface area contributed by atoms with Crippen LogP contribution < -0.4 is 0 Å². The lowest BCUT2D eigenvalue weighted by molar-refractivity contribution is -0.0370. The number of hydrogen-bond donors (Lipinski definition) is 0. The number of benzene rings is 1. The predicted octanol–water partition coefficient (Wildman–Crippen LogP) is 3.95. The molecule has 0 N–H and O–H groups in total. The molecule has 1 aromatic heterocycles. The van der Waals surface area contributed by atoms with Crippen LogP contribution in [-0.2, 0) is 11.3 Å². The number of halogens is 2. The van der Waals surface area contributed by atoms with Crippen molar-refractivity contribution in [1.82, 2.24) is 20.2 Å². The molecule has 8 nitrogen and oxygen atoms in total. The summed E-state index contributed by atoms with van der Waals surface area (Å²) in [6, 6.07) is 4.75. The van der Waals surface area contributed by atoms with Crippen molar-refractivity contribution in [2.45, 2.75) is 51.1 Å². The number of ether oxygens (including phenoxy) is 1. The van der Waals surface area contributed by atoms with E-state index in [9.17, 15) is 18.4 Å². The average Bonchev–Trinajstić information content (AvgIpc) is 3.35. The Labute approximate surface area is 165 Å². The van der Waals surface area contributed by atoms with Gasteiger partial charge in [0.25, 0.3) is 11.8 Å². The van der Waals surface area contributed by atoms with Gasteiger partial charge in [-0.3, -0.25) is 4.79 Å². The molecule has 0 spiro atoms. The molecule has 2 aliphatic rings. The van der Waals surface area contributed by atoms with Crippen molar-refractivity contribution < 1.29 is 27.5 Å². The summed E-state index contributed by atoms with van der Waals surface area (Å²) in [7, 11) is 1.29. The van der Waals surface area contributed by atoms with E-state index in [4.69, 9.17) is 9.15 Å². The van der Waals surface area contributed by atoms with E-state index in [2.05, 4.69) is 10.2 Å². The SMILES string of the molecule is COC(=O)N(C1CCCCC1)N1Cc2ccc(-c3nnc(C(F)F)o3)cc2C1=O. The van der Waals surface area contributed by atoms with E-state index in [0.717, 1.165) is 37.7 Å². The van der Waals surface area contributed by atoms with E-state index < -0.39 is 18.4 Å². The highest BCUT2D eigenvalue weighted by Gasteiger charge is 2.39. The van der Waals surface area contributed by atoms with Gasteiger partial charge in [-0.2, -0.15) is 8.78 Å². The molecular formula is C19H20F2N4O4. The van der Waals surface area contributed by atoms with Crippen LogP contribution in [0.3, 0.4) is 0 Å². The van der Waals surface area contributed by atoms with Gasteiger partial charge >= 0.3 is 12.5 Å². The zero-order valence-electron chi connectivity index (χ0n) is 15.8. The van der Waals surface area contributed by atoms with E-state index in [0.29, 0.717) is 11.1 Å². The minimum absolute atomic E-state index is 0.0912. The van der Waals surface area contributed by atoms with E-state index in [1.165, 1.54) is 23.2 Å². The second-order valence-corrected chi connectivity index (χ2v) is 7.09. The van der Waals surface area contributed by atoms with E-state index in [1.54, 1.807) is 12.1 Å². The first-order valence-electron chi connectivity index (χ1n) is 9.43. The number of fused-ring (bicyclic) bond motifs is 1. The molecule has 29 heavy (non-hydrogen) atoms. The topological polar surface area (TPSA) is 88.8 Å². The number of aromatic nitrogens is 2. The lowest BCUT2D eigenvalue weighted by atomic mass is 9.95. The number of alkyl halides is 2. The molecule has 1 saturated carbocycles. The number of carbonyl (C=O) groups is 2. The second-order valence-electron chi connectivity index (χ2n) is 7.09. The monoisotopic (exact) mass is 406 g/mol. The van der Waals surface area contributed by atoms with Crippen molar-refractivity contribution in [3.8, 4) is 11.5 Å². The number of nitrogens with zero attached hydrogens (tertiary/aromatic N) is 4. The zero-order valence-corrected chi connectivity index (χ0v) is 15.8. The Balaban J connectivity index is 1.62. The minimum Gasteiger partial charge on any atom is -0.452 e. The first kappa shape index (κ1) is 19.3. The molecule has 2 aromatic rings. The van der Waals surface area contributed by atoms with Gasteiger partial charge in [0.15, 0.2) is 0 Å². The number of amides is 2. The van der Waals surface area contributed by atoms with Crippen LogP contribution in [0.25, 0.3) is 11.5 Å². The highest BCUT2D eigenvalue weighted by atomic mass is 19.3. The molecule has 1 aliphatic heterocycles. The van der Waals surface area contributed by atoms with Gasteiger partial charge < -0.3 is 9.15 Å². The maximum atomic E-state index is 13.1. The van der Waals surface area contributed by atoms with E-state index in [-0.39, 0.29) is 24.4 Å². The van der Waals surface area contributed by atoms with Gasteiger partial charge in [-0.05, 0) is 30.5 Å². The number of carbonyl (C=O) groups excluding carboxylic acids is 2. The first-order valence-corrected chi connectivity index (χ1v) is 9.43. The summed E-state index contributed by atoms with van der Waals surface area (Å²) in [5.74, 6) is -1.22. The number of hydrogen-bond acceptors (Lipinski definition) is 6. The Morgan fingerprint density at radius 3 is 2.69 bits per heavy atom. The van der Waals surface area contributed by atoms with Gasteiger partial charge in [-0.25, -0.2) is 14.8 Å². The lowest BCUT2D eigenvalue weighted by Gasteiger charge is -2.38. The quantitative estimate of drug-likeness (QED) is 0.764. The molecular weight excluding hydrogens is 386 g/mol. The molecule has 10 heteroatoms. The van der Waals surface area contributed by atoms with E-state index in [1.807, 2.05) is 0 Å². The molecule has 2 heterocycles. The second kappa shape index (κ2) is 7.76. The maximum Gasteiger partial charge on any atom is 0.428 e. The van der Waals surface area contributed by atoms with Crippen LogP contribution in [0.15, 0.2) is 22.6 Å². The molecule has 4 rings (SSSR count). The molecule has 0 bridgehead atoms. The Bertz CT molecular complexity index is 927. The molecule has 0 radical (unpaired) electrons. The molecule has 154 valence electrons. The third-order valence-electron chi connectivity index (χ3n) is 5.31. The van der Waals surface area contributed by atoms with Gasteiger partial charge in [0.2, 0.25) is 5.89 Å². The third-order valence-corrected chi connectivity index (χ3v) is 5.31. The normalized spacial score (nSPS) is 17.0. The van der Waals surface area contributed by atoms with Gasteiger partial charge in [-0.1, -0.05) is 25.3 Å². The summed E-state index contributed by atoms with van der Waals surface area (Å²) < 4.78 is 35.3. The fourth-order valence-corrected chi connectivity index (χ4v) is 3.90. The lowest BCUT2D eigenvalue weighted by Crippen LogP contribution is -2.52. The molecule has 1 aromatic carbocycles. The van der Waals surface area contributed by atoms with Crippen LogP contribution in [0.1, 0.15) is 60.3 Å². The van der Waals surface area contributed by atoms with Crippen LogP contribution in [0.4, 0.5) is 13.6 Å². The Kier molecular flexibility index (Phi) is 5.16. The van der Waals surface area contributed by atoms with Crippen LogP contribution in [-0.4, -0.2) is 45.4 Å². The highest BCUT2D eigenvalue weighted by molar-refractivity contribution is 6.00. The number of rotatable bonds is 4. The zero-order chi connectivity index (χ0) is 20.5. The summed E-state index contributed by atoms with van der Waals surface area (Å²) in [6.07, 6.45) is 1.25. The number of hydrazine groups is 1. The van der Waals surface area contributed by atoms with Gasteiger partial charge in [0.05, 0.1) is 19.7 Å². The van der Waals surface area contributed by atoms with Crippen molar-refractivity contribution in [2.75, 3.05) is 7.11 Å². The summed E-state index contributed by atoms with van der Waals surface area (Å²) in [4.78, 5) is 25.5. The Hall–Kier alpha value is -3.04.